The molecule has 0 saturated carbocycles. The van der Waals surface area contributed by atoms with Crippen LogP contribution in [0.15, 0.2) is 43.0 Å². The first-order valence-corrected chi connectivity index (χ1v) is 8.75. The second-order valence-corrected chi connectivity index (χ2v) is 6.82. The molecule has 1 aromatic carbocycles. The second-order valence-electron chi connectivity index (χ2n) is 6.82. The molecule has 5 rings (SSSR count). The summed E-state index contributed by atoms with van der Waals surface area (Å²) in [4.78, 5) is 25.1. The molecule has 0 aliphatic carbocycles. The van der Waals surface area contributed by atoms with Gasteiger partial charge >= 0.3 is 0 Å². The summed E-state index contributed by atoms with van der Waals surface area (Å²) in [6.45, 7) is -0.243. The Hall–Kier alpha value is -2.92. The Morgan fingerprint density at radius 2 is 2.11 bits per heavy atom. The molecule has 0 radical (unpaired) electrons. The predicted octanol–water partition coefficient (Wildman–Crippen LogP) is 0.0982. The summed E-state index contributed by atoms with van der Waals surface area (Å²) in [6.07, 6.45) is 0.492. The first kappa shape index (κ1) is 17.2. The monoisotopic (exact) mass is 383 g/mol. The number of imidazole rings is 1. The summed E-state index contributed by atoms with van der Waals surface area (Å²) in [5, 5.41) is 22.8. The van der Waals surface area contributed by atoms with Gasteiger partial charge in [-0.2, -0.15) is 0 Å². The molecule has 4 atom stereocenters. The number of aromatic nitrogens is 4. The molecule has 144 valence electrons. The SMILES string of the molecule is O=C(Nc1ncnc2c1ncn2[C@H]1O[C@@]2(CO)CO[C@@H]1[C@@H]2O)c1ccccc1. The zero-order valence-electron chi connectivity index (χ0n) is 14.6. The van der Waals surface area contributed by atoms with Crippen LogP contribution in [-0.4, -0.2) is 66.7 Å². The normalized spacial score (nSPS) is 28.7. The minimum atomic E-state index is -1.15. The van der Waals surface area contributed by atoms with Crippen molar-refractivity contribution in [1.82, 2.24) is 19.5 Å². The molecular formula is C18H17N5O5. The molecule has 3 aromatic rings. The van der Waals surface area contributed by atoms with E-state index in [1.54, 1.807) is 28.8 Å². The van der Waals surface area contributed by atoms with Crippen molar-refractivity contribution in [2.24, 2.45) is 0 Å². The fraction of sp³-hybridized carbons (Fsp3) is 0.333. The number of benzene rings is 1. The maximum Gasteiger partial charge on any atom is 0.256 e. The summed E-state index contributed by atoms with van der Waals surface area (Å²) in [5.41, 5.74) is 0.139. The van der Waals surface area contributed by atoms with Crippen LogP contribution in [0.3, 0.4) is 0 Å². The van der Waals surface area contributed by atoms with Crippen molar-refractivity contribution in [2.75, 3.05) is 18.5 Å². The van der Waals surface area contributed by atoms with E-state index in [-0.39, 0.29) is 24.9 Å². The quantitative estimate of drug-likeness (QED) is 0.578. The highest BCUT2D eigenvalue weighted by Crippen LogP contribution is 2.45. The Bertz CT molecular complexity index is 1040. The lowest BCUT2D eigenvalue weighted by molar-refractivity contribution is -0.185. The molecule has 2 aliphatic heterocycles. The number of carbonyl (C=O) groups is 1. The van der Waals surface area contributed by atoms with Crippen molar-refractivity contribution in [1.29, 1.82) is 0 Å². The molecular weight excluding hydrogens is 366 g/mol. The maximum atomic E-state index is 12.4. The maximum absolute atomic E-state index is 12.4. The molecule has 3 N–H and O–H groups in total. The van der Waals surface area contributed by atoms with Gasteiger partial charge in [-0.25, -0.2) is 15.0 Å². The van der Waals surface area contributed by atoms with E-state index in [1.807, 2.05) is 6.07 Å². The van der Waals surface area contributed by atoms with Gasteiger partial charge in [-0.05, 0) is 12.1 Å². The van der Waals surface area contributed by atoms with E-state index >= 15 is 0 Å². The average Bonchev–Trinajstić information content (AvgIpc) is 3.39. The highest BCUT2D eigenvalue weighted by Gasteiger charge is 2.61. The standard InChI is InChI=1S/C18H17N5O5/c24-6-18-7-27-12(13(18)25)17(28-18)23-9-21-11-14(19-8-20-15(11)23)22-16(26)10-4-2-1-3-5-10/h1-5,8-9,12-13,17,24-25H,6-7H2,(H,19,20,22,26)/t12-,13+,17+,18+/m1/s1. The van der Waals surface area contributed by atoms with Crippen molar-refractivity contribution in [3.63, 3.8) is 0 Å². The van der Waals surface area contributed by atoms with Gasteiger partial charge in [0, 0.05) is 5.56 Å². The van der Waals surface area contributed by atoms with E-state index in [2.05, 4.69) is 20.3 Å². The molecule has 0 spiro atoms. The second kappa shape index (κ2) is 6.31. The summed E-state index contributed by atoms with van der Waals surface area (Å²) in [7, 11) is 0. The fourth-order valence-electron chi connectivity index (χ4n) is 3.65. The third-order valence-electron chi connectivity index (χ3n) is 5.18. The summed E-state index contributed by atoms with van der Waals surface area (Å²) in [5.74, 6) is -0.0524. The molecule has 2 fully saturated rings. The van der Waals surface area contributed by atoms with Crippen molar-refractivity contribution in [3.8, 4) is 0 Å². The predicted molar refractivity (Wildman–Crippen MR) is 95.4 cm³/mol. The zero-order chi connectivity index (χ0) is 19.3. The van der Waals surface area contributed by atoms with Gasteiger partial charge in [0.05, 0.1) is 19.5 Å². The first-order chi connectivity index (χ1) is 13.6. The number of rotatable bonds is 4. The molecule has 2 saturated heterocycles. The lowest BCUT2D eigenvalue weighted by Crippen LogP contribution is -2.44. The number of aliphatic hydroxyl groups is 2. The average molecular weight is 383 g/mol. The van der Waals surface area contributed by atoms with Gasteiger partial charge in [-0.1, -0.05) is 18.2 Å². The molecule has 2 aromatic heterocycles. The smallest absolute Gasteiger partial charge is 0.256 e. The number of hydrogen-bond acceptors (Lipinski definition) is 8. The minimum Gasteiger partial charge on any atom is -0.393 e. The fourth-order valence-corrected chi connectivity index (χ4v) is 3.65. The van der Waals surface area contributed by atoms with Crippen LogP contribution < -0.4 is 5.32 Å². The molecule has 4 heterocycles. The number of ether oxygens (including phenoxy) is 2. The van der Waals surface area contributed by atoms with Crippen molar-refractivity contribution in [2.45, 2.75) is 24.0 Å². The van der Waals surface area contributed by atoms with Crippen LogP contribution in [0.5, 0.6) is 0 Å². The van der Waals surface area contributed by atoms with Gasteiger partial charge in [-0.3, -0.25) is 9.36 Å². The highest BCUT2D eigenvalue weighted by atomic mass is 16.7. The first-order valence-electron chi connectivity index (χ1n) is 8.75. The number of amides is 1. The van der Waals surface area contributed by atoms with Gasteiger partial charge in [0.15, 0.2) is 23.2 Å². The molecule has 28 heavy (non-hydrogen) atoms. The van der Waals surface area contributed by atoms with Crippen LogP contribution in [0.1, 0.15) is 16.6 Å². The Labute approximate surface area is 158 Å². The number of anilines is 1. The van der Waals surface area contributed by atoms with Crippen LogP contribution in [0.2, 0.25) is 0 Å². The van der Waals surface area contributed by atoms with Crippen molar-refractivity contribution >= 4 is 22.9 Å². The van der Waals surface area contributed by atoms with Crippen molar-refractivity contribution < 1.29 is 24.5 Å². The minimum absolute atomic E-state index is 0.117. The Balaban J connectivity index is 1.48. The van der Waals surface area contributed by atoms with Crippen LogP contribution >= 0.6 is 0 Å². The van der Waals surface area contributed by atoms with Crippen LogP contribution in [0.4, 0.5) is 5.82 Å². The third kappa shape index (κ3) is 2.43. The Kier molecular flexibility index (Phi) is 3.88. The van der Waals surface area contributed by atoms with Gasteiger partial charge < -0.3 is 25.0 Å². The van der Waals surface area contributed by atoms with E-state index in [9.17, 15) is 15.0 Å². The van der Waals surface area contributed by atoms with Gasteiger partial charge in [0.25, 0.3) is 5.91 Å². The zero-order valence-corrected chi connectivity index (χ0v) is 14.6. The largest absolute Gasteiger partial charge is 0.393 e. The summed E-state index contributed by atoms with van der Waals surface area (Å²) in [6, 6.07) is 8.76. The van der Waals surface area contributed by atoms with Crippen LogP contribution in [0.25, 0.3) is 11.2 Å². The molecule has 2 aliphatic rings. The number of nitrogens with one attached hydrogen (secondary N) is 1. The third-order valence-corrected chi connectivity index (χ3v) is 5.18. The van der Waals surface area contributed by atoms with Gasteiger partial charge in [0.2, 0.25) is 0 Å². The molecule has 2 bridgehead atoms. The molecule has 0 unspecified atom stereocenters. The van der Waals surface area contributed by atoms with Crippen molar-refractivity contribution in [3.05, 3.63) is 48.5 Å². The molecule has 1 amide bonds. The van der Waals surface area contributed by atoms with Crippen LogP contribution in [-0.2, 0) is 9.47 Å². The number of aliphatic hydroxyl groups excluding tert-OH is 2. The summed E-state index contributed by atoms with van der Waals surface area (Å²) < 4.78 is 13.1. The van der Waals surface area contributed by atoms with E-state index in [0.717, 1.165) is 0 Å². The number of hydrogen-bond donors (Lipinski definition) is 3. The number of nitrogens with zero attached hydrogens (tertiary/aromatic N) is 4. The number of fused-ring (bicyclic) bond motifs is 3. The molecule has 10 heteroatoms. The van der Waals surface area contributed by atoms with Gasteiger partial charge in [-0.15, -0.1) is 0 Å². The lowest BCUT2D eigenvalue weighted by atomic mass is 10.0. The molecule has 10 nitrogen and oxygen atoms in total. The van der Waals surface area contributed by atoms with E-state index in [1.165, 1.54) is 12.7 Å². The Morgan fingerprint density at radius 1 is 1.29 bits per heavy atom. The summed E-state index contributed by atoms with van der Waals surface area (Å²) >= 11 is 0. The van der Waals surface area contributed by atoms with E-state index in [4.69, 9.17) is 9.47 Å². The number of carbonyl (C=O) groups excluding carboxylic acids is 1. The highest BCUT2D eigenvalue weighted by molar-refractivity contribution is 6.06. The van der Waals surface area contributed by atoms with Crippen LogP contribution in [0, 0.1) is 0 Å². The topological polar surface area (TPSA) is 132 Å². The van der Waals surface area contributed by atoms with E-state index < -0.39 is 24.0 Å². The van der Waals surface area contributed by atoms with Gasteiger partial charge in [0.1, 0.15) is 24.1 Å². The Morgan fingerprint density at radius 3 is 2.86 bits per heavy atom. The van der Waals surface area contributed by atoms with E-state index in [0.29, 0.717) is 16.7 Å². The lowest BCUT2D eigenvalue weighted by Gasteiger charge is -2.29.